The quantitative estimate of drug-likeness (QED) is 0.663. The summed E-state index contributed by atoms with van der Waals surface area (Å²) in [5.41, 5.74) is -0.310. The Morgan fingerprint density at radius 2 is 1.79 bits per heavy atom. The fraction of sp³-hybridized carbons (Fsp3) is 0.400. The molecule has 0 N–H and O–H groups in total. The smallest absolute Gasteiger partial charge is 0.203 e. The maximum atomic E-state index is 13.0. The van der Waals surface area contributed by atoms with Crippen molar-refractivity contribution in [3.8, 4) is 0 Å². The highest BCUT2D eigenvalue weighted by Gasteiger charge is 2.43. The first-order valence-corrected chi connectivity index (χ1v) is 4.24. The van der Waals surface area contributed by atoms with E-state index in [1.165, 1.54) is 12.1 Å². The van der Waals surface area contributed by atoms with Crippen molar-refractivity contribution in [1.29, 1.82) is 0 Å². The SMILES string of the molecule is CCc1ccccc1C(F)(F)C(F)F. The summed E-state index contributed by atoms with van der Waals surface area (Å²) in [4.78, 5) is 0. The predicted molar refractivity (Wildman–Crippen MR) is 45.7 cm³/mol. The van der Waals surface area contributed by atoms with E-state index < -0.39 is 17.9 Å². The summed E-state index contributed by atoms with van der Waals surface area (Å²) >= 11 is 0. The van der Waals surface area contributed by atoms with Gasteiger partial charge in [-0.2, -0.15) is 8.78 Å². The van der Waals surface area contributed by atoms with E-state index in [1.54, 1.807) is 13.0 Å². The summed E-state index contributed by atoms with van der Waals surface area (Å²) in [5.74, 6) is -4.05. The third kappa shape index (κ3) is 1.89. The second-order valence-corrected chi connectivity index (χ2v) is 2.93. The van der Waals surface area contributed by atoms with E-state index in [-0.39, 0.29) is 5.56 Å². The van der Waals surface area contributed by atoms with E-state index in [2.05, 4.69) is 0 Å². The highest BCUT2D eigenvalue weighted by molar-refractivity contribution is 5.31. The van der Waals surface area contributed by atoms with Crippen molar-refractivity contribution < 1.29 is 17.6 Å². The zero-order chi connectivity index (χ0) is 10.8. The minimum atomic E-state index is -4.05. The van der Waals surface area contributed by atoms with Gasteiger partial charge in [-0.1, -0.05) is 31.2 Å². The Kier molecular flexibility index (Phi) is 3.13. The van der Waals surface area contributed by atoms with Gasteiger partial charge in [0.1, 0.15) is 0 Å². The number of halogens is 4. The van der Waals surface area contributed by atoms with Crippen molar-refractivity contribution in [3.05, 3.63) is 35.4 Å². The average Bonchev–Trinajstić information content (AvgIpc) is 2.17. The summed E-state index contributed by atoms with van der Waals surface area (Å²) in [6.07, 6.45) is -3.34. The Morgan fingerprint density at radius 3 is 2.29 bits per heavy atom. The van der Waals surface area contributed by atoms with Gasteiger partial charge in [0.05, 0.1) is 0 Å². The van der Waals surface area contributed by atoms with E-state index in [4.69, 9.17) is 0 Å². The van der Waals surface area contributed by atoms with E-state index in [9.17, 15) is 17.6 Å². The molecular formula is C10H10F4. The molecule has 0 aromatic heterocycles. The van der Waals surface area contributed by atoms with E-state index in [0.717, 1.165) is 6.07 Å². The molecule has 0 bridgehead atoms. The Labute approximate surface area is 79.6 Å². The highest BCUT2D eigenvalue weighted by Crippen LogP contribution is 2.36. The van der Waals surface area contributed by atoms with Crippen LogP contribution in [0.25, 0.3) is 0 Å². The van der Waals surface area contributed by atoms with E-state index in [0.29, 0.717) is 6.42 Å². The van der Waals surface area contributed by atoms with Crippen LogP contribution in [0.4, 0.5) is 17.6 Å². The van der Waals surface area contributed by atoms with Gasteiger partial charge < -0.3 is 0 Å². The molecule has 0 fully saturated rings. The van der Waals surface area contributed by atoms with Crippen LogP contribution in [-0.2, 0) is 12.3 Å². The van der Waals surface area contributed by atoms with Crippen LogP contribution in [0.2, 0.25) is 0 Å². The Bertz CT molecular complexity index is 307. The summed E-state index contributed by atoms with van der Waals surface area (Å²) < 4.78 is 50.1. The number of alkyl halides is 4. The molecule has 0 amide bonds. The van der Waals surface area contributed by atoms with Crippen LogP contribution in [0, 0.1) is 0 Å². The lowest BCUT2D eigenvalue weighted by molar-refractivity contribution is -0.135. The molecule has 0 saturated carbocycles. The molecule has 0 unspecified atom stereocenters. The van der Waals surface area contributed by atoms with Gasteiger partial charge >= 0.3 is 12.3 Å². The van der Waals surface area contributed by atoms with Crippen molar-refractivity contribution in [2.24, 2.45) is 0 Å². The Balaban J connectivity index is 3.17. The van der Waals surface area contributed by atoms with Crippen LogP contribution < -0.4 is 0 Å². The van der Waals surface area contributed by atoms with Crippen LogP contribution in [0.1, 0.15) is 18.1 Å². The second-order valence-electron chi connectivity index (χ2n) is 2.93. The van der Waals surface area contributed by atoms with Gasteiger partial charge in [0, 0.05) is 5.56 Å². The standard InChI is InChI=1S/C10H10F4/c1-2-7-5-3-4-6-8(7)10(13,14)9(11)12/h3-6,9H,2H2,1H3. The molecule has 78 valence electrons. The second kappa shape index (κ2) is 3.98. The number of rotatable bonds is 3. The van der Waals surface area contributed by atoms with Crippen LogP contribution in [0.3, 0.4) is 0 Å². The monoisotopic (exact) mass is 206 g/mol. The molecule has 0 atom stereocenters. The van der Waals surface area contributed by atoms with Gasteiger partial charge in [-0.25, -0.2) is 8.78 Å². The first-order chi connectivity index (χ1) is 6.50. The number of hydrogen-bond donors (Lipinski definition) is 0. The van der Waals surface area contributed by atoms with Crippen molar-refractivity contribution >= 4 is 0 Å². The molecule has 0 spiro atoms. The normalized spacial score (nSPS) is 12.1. The maximum absolute atomic E-state index is 13.0. The van der Waals surface area contributed by atoms with Crippen LogP contribution in [0.15, 0.2) is 24.3 Å². The molecule has 1 aromatic carbocycles. The third-order valence-corrected chi connectivity index (χ3v) is 2.03. The molecular weight excluding hydrogens is 196 g/mol. The molecule has 1 rings (SSSR count). The Hall–Kier alpha value is -1.06. The molecule has 0 radical (unpaired) electrons. The third-order valence-electron chi connectivity index (χ3n) is 2.03. The van der Waals surface area contributed by atoms with Gasteiger partial charge in [0.25, 0.3) is 0 Å². The maximum Gasteiger partial charge on any atom is 0.332 e. The average molecular weight is 206 g/mol. The van der Waals surface area contributed by atoms with Gasteiger partial charge in [0.15, 0.2) is 0 Å². The van der Waals surface area contributed by atoms with E-state index in [1.807, 2.05) is 0 Å². The first kappa shape index (κ1) is 11.0. The number of benzene rings is 1. The topological polar surface area (TPSA) is 0 Å². The van der Waals surface area contributed by atoms with Gasteiger partial charge in [-0.3, -0.25) is 0 Å². The number of aryl methyl sites for hydroxylation is 1. The Morgan fingerprint density at radius 1 is 1.21 bits per heavy atom. The van der Waals surface area contributed by atoms with Crippen molar-refractivity contribution in [2.45, 2.75) is 25.7 Å². The summed E-state index contributed by atoms with van der Waals surface area (Å²) in [7, 11) is 0. The minimum Gasteiger partial charge on any atom is -0.203 e. The lowest BCUT2D eigenvalue weighted by Gasteiger charge is -2.18. The van der Waals surface area contributed by atoms with Crippen LogP contribution in [-0.4, -0.2) is 6.43 Å². The molecule has 4 heteroatoms. The lowest BCUT2D eigenvalue weighted by atomic mass is 10.00. The molecule has 0 nitrogen and oxygen atoms in total. The fourth-order valence-corrected chi connectivity index (χ4v) is 1.27. The van der Waals surface area contributed by atoms with Gasteiger partial charge in [-0.15, -0.1) is 0 Å². The van der Waals surface area contributed by atoms with Gasteiger partial charge in [0.2, 0.25) is 0 Å². The first-order valence-electron chi connectivity index (χ1n) is 4.24. The fourth-order valence-electron chi connectivity index (χ4n) is 1.27. The summed E-state index contributed by atoms with van der Waals surface area (Å²) in [5, 5.41) is 0. The molecule has 0 aliphatic carbocycles. The molecule has 1 aromatic rings. The summed E-state index contributed by atoms with van der Waals surface area (Å²) in [6.45, 7) is 1.65. The minimum absolute atomic E-state index is 0.262. The molecule has 0 heterocycles. The number of hydrogen-bond acceptors (Lipinski definition) is 0. The van der Waals surface area contributed by atoms with E-state index >= 15 is 0 Å². The molecule has 14 heavy (non-hydrogen) atoms. The lowest BCUT2D eigenvalue weighted by Crippen LogP contribution is -2.24. The van der Waals surface area contributed by atoms with Crippen molar-refractivity contribution in [3.63, 3.8) is 0 Å². The predicted octanol–water partition coefficient (Wildman–Crippen LogP) is 3.61. The largest absolute Gasteiger partial charge is 0.332 e. The van der Waals surface area contributed by atoms with Crippen molar-refractivity contribution in [1.82, 2.24) is 0 Å². The highest BCUT2D eigenvalue weighted by atomic mass is 19.3. The molecule has 0 aliphatic heterocycles. The zero-order valence-electron chi connectivity index (χ0n) is 7.61. The van der Waals surface area contributed by atoms with Crippen LogP contribution in [0.5, 0.6) is 0 Å². The van der Waals surface area contributed by atoms with Crippen molar-refractivity contribution in [2.75, 3.05) is 0 Å². The van der Waals surface area contributed by atoms with Crippen LogP contribution >= 0.6 is 0 Å². The zero-order valence-corrected chi connectivity index (χ0v) is 7.61. The molecule has 0 aliphatic rings. The summed E-state index contributed by atoms with van der Waals surface area (Å²) in [6, 6.07) is 5.38. The van der Waals surface area contributed by atoms with Gasteiger partial charge in [-0.05, 0) is 12.0 Å². The molecule has 0 saturated heterocycles.